The molecule has 4 aliphatic carbocycles. The molecule has 55 heavy (non-hydrogen) atoms. The summed E-state index contributed by atoms with van der Waals surface area (Å²) in [4.78, 5) is 4.77. The highest BCUT2D eigenvalue weighted by Gasteiger charge is 2.51. The Labute approximate surface area is 328 Å². The molecule has 7 aromatic carbocycles. The van der Waals surface area contributed by atoms with Crippen molar-refractivity contribution in [3.63, 3.8) is 0 Å². The maximum Gasteiger partial charge on any atom is 0.0468 e. The monoisotopic (exact) mass is 728 g/mol. The van der Waals surface area contributed by atoms with E-state index in [1.807, 2.05) is 11.3 Å². The lowest BCUT2D eigenvalue weighted by atomic mass is 9.48. The Hall–Kier alpha value is -5.64. The minimum atomic E-state index is 0.409. The Morgan fingerprint density at radius 3 is 1.35 bits per heavy atom. The zero-order valence-corrected chi connectivity index (χ0v) is 31.8. The third kappa shape index (κ3) is 5.84. The van der Waals surface area contributed by atoms with Crippen molar-refractivity contribution in [2.24, 2.45) is 17.8 Å². The van der Waals surface area contributed by atoms with Gasteiger partial charge in [0, 0.05) is 54.3 Å². The topological polar surface area (TPSA) is 6.48 Å². The number of para-hydroxylation sites is 2. The van der Waals surface area contributed by atoms with Gasteiger partial charge in [-0.25, -0.2) is 0 Å². The van der Waals surface area contributed by atoms with E-state index in [-0.39, 0.29) is 0 Å². The number of benzene rings is 7. The van der Waals surface area contributed by atoms with Crippen LogP contribution in [0.3, 0.4) is 0 Å². The van der Waals surface area contributed by atoms with Crippen LogP contribution in [0.4, 0.5) is 34.1 Å². The van der Waals surface area contributed by atoms with Gasteiger partial charge in [0.25, 0.3) is 0 Å². The van der Waals surface area contributed by atoms with Crippen LogP contribution in [0.2, 0.25) is 0 Å². The minimum Gasteiger partial charge on any atom is -0.311 e. The van der Waals surface area contributed by atoms with E-state index in [1.54, 1.807) is 5.56 Å². The van der Waals surface area contributed by atoms with Gasteiger partial charge in [0.2, 0.25) is 0 Å². The SMILES string of the molecule is c1ccc(N(c2ccc(-c3ccc(N(c4ccccc4)c4ccc5sc6ccccc6c5c4)cc3)cc2)c2ccc(C34CC5CC(CC(C5)C3)C4)cc2)cc1. The maximum absolute atomic E-state index is 2.47. The predicted octanol–water partition coefficient (Wildman–Crippen LogP) is 15.1. The molecule has 0 radical (unpaired) electrons. The summed E-state index contributed by atoms with van der Waals surface area (Å²) in [7, 11) is 0. The molecule has 0 amide bonds. The van der Waals surface area contributed by atoms with Crippen molar-refractivity contribution < 1.29 is 0 Å². The van der Waals surface area contributed by atoms with E-state index in [0.29, 0.717) is 5.41 Å². The summed E-state index contributed by atoms with van der Waals surface area (Å²) in [5.41, 5.74) is 11.4. The third-order valence-electron chi connectivity index (χ3n) is 13.0. The highest BCUT2D eigenvalue weighted by Crippen LogP contribution is 2.61. The fraction of sp³-hybridized carbons (Fsp3) is 0.192. The highest BCUT2D eigenvalue weighted by atomic mass is 32.1. The zero-order chi connectivity index (χ0) is 36.3. The van der Waals surface area contributed by atoms with E-state index in [4.69, 9.17) is 0 Å². The number of anilines is 6. The van der Waals surface area contributed by atoms with Gasteiger partial charge in [0.05, 0.1) is 0 Å². The van der Waals surface area contributed by atoms with Crippen LogP contribution >= 0.6 is 11.3 Å². The first-order valence-electron chi connectivity index (χ1n) is 20.1. The lowest BCUT2D eigenvalue weighted by Crippen LogP contribution is -2.48. The van der Waals surface area contributed by atoms with Gasteiger partial charge >= 0.3 is 0 Å². The molecule has 0 unspecified atom stereocenters. The van der Waals surface area contributed by atoms with Crippen LogP contribution in [-0.2, 0) is 5.41 Å². The minimum absolute atomic E-state index is 0.409. The molecule has 1 heterocycles. The first-order valence-corrected chi connectivity index (χ1v) is 20.9. The van der Waals surface area contributed by atoms with Crippen molar-refractivity contribution in [3.8, 4) is 11.1 Å². The normalized spacial score (nSPS) is 21.3. The Morgan fingerprint density at radius 2 is 0.800 bits per heavy atom. The summed E-state index contributed by atoms with van der Waals surface area (Å²) in [5.74, 6) is 2.85. The summed E-state index contributed by atoms with van der Waals surface area (Å²) in [6.07, 6.45) is 8.64. The quantitative estimate of drug-likeness (QED) is 0.154. The molecule has 1 aromatic heterocycles. The Morgan fingerprint density at radius 1 is 0.382 bits per heavy atom. The molecule has 268 valence electrons. The van der Waals surface area contributed by atoms with E-state index in [0.717, 1.165) is 34.8 Å². The fourth-order valence-corrected chi connectivity index (χ4v) is 12.0. The Kier molecular flexibility index (Phi) is 7.91. The molecule has 8 aromatic rings. The first-order chi connectivity index (χ1) is 27.2. The third-order valence-corrected chi connectivity index (χ3v) is 14.2. The van der Waals surface area contributed by atoms with E-state index < -0.39 is 0 Å². The second-order valence-electron chi connectivity index (χ2n) is 16.5. The number of nitrogens with zero attached hydrogens (tertiary/aromatic N) is 2. The average molecular weight is 729 g/mol. The molecule has 12 rings (SSSR count). The Balaban J connectivity index is 0.896. The molecule has 4 saturated carbocycles. The summed E-state index contributed by atoms with van der Waals surface area (Å²) in [6, 6.07) is 65.0. The van der Waals surface area contributed by atoms with Crippen LogP contribution in [0, 0.1) is 17.8 Å². The standard InChI is InChI=1S/C52H44N2S/c1-3-9-42(10-4-1)53(46-25-19-41(20-26-46)52-33-36-29-37(34-52)31-38(30-36)35-52)44-21-15-39(16-22-44)40-17-23-45(24-18-40)54(43-11-5-2-6-12-43)47-27-28-51-49(32-47)48-13-7-8-14-50(48)55-51/h1-28,32,36-38H,29-31,33-35H2. The van der Waals surface area contributed by atoms with Gasteiger partial charge in [-0.3, -0.25) is 0 Å². The Bertz CT molecular complexity index is 2570. The van der Waals surface area contributed by atoms with Crippen molar-refractivity contribution in [1.82, 2.24) is 0 Å². The van der Waals surface area contributed by atoms with Gasteiger partial charge in [-0.1, -0.05) is 91.0 Å². The van der Waals surface area contributed by atoms with Crippen molar-refractivity contribution >= 4 is 65.6 Å². The van der Waals surface area contributed by atoms with Crippen LogP contribution in [0.5, 0.6) is 0 Å². The molecule has 0 aliphatic heterocycles. The summed E-state index contributed by atoms with van der Waals surface area (Å²) >= 11 is 1.86. The summed E-state index contributed by atoms with van der Waals surface area (Å²) in [5, 5.41) is 2.62. The number of rotatable bonds is 8. The van der Waals surface area contributed by atoms with Gasteiger partial charge in [-0.15, -0.1) is 11.3 Å². The van der Waals surface area contributed by atoms with Crippen LogP contribution in [0.1, 0.15) is 44.1 Å². The van der Waals surface area contributed by atoms with E-state index >= 15 is 0 Å². The van der Waals surface area contributed by atoms with Gasteiger partial charge in [-0.2, -0.15) is 0 Å². The van der Waals surface area contributed by atoms with E-state index in [9.17, 15) is 0 Å². The van der Waals surface area contributed by atoms with Crippen LogP contribution < -0.4 is 9.80 Å². The molecule has 3 heteroatoms. The van der Waals surface area contributed by atoms with Gasteiger partial charge in [0.1, 0.15) is 0 Å². The van der Waals surface area contributed by atoms with E-state index in [2.05, 4.69) is 186 Å². The fourth-order valence-electron chi connectivity index (χ4n) is 10.9. The highest BCUT2D eigenvalue weighted by molar-refractivity contribution is 7.25. The summed E-state index contributed by atoms with van der Waals surface area (Å²) < 4.78 is 2.64. The van der Waals surface area contributed by atoms with Crippen molar-refractivity contribution in [3.05, 3.63) is 181 Å². The first kappa shape index (κ1) is 32.8. The number of hydrogen-bond donors (Lipinski definition) is 0. The maximum atomic E-state index is 2.47. The number of hydrogen-bond acceptors (Lipinski definition) is 3. The molecule has 4 fully saturated rings. The smallest absolute Gasteiger partial charge is 0.0468 e. The predicted molar refractivity (Wildman–Crippen MR) is 234 cm³/mol. The molecule has 0 N–H and O–H groups in total. The molecule has 0 saturated heterocycles. The number of fused-ring (bicyclic) bond motifs is 3. The van der Waals surface area contributed by atoms with Crippen LogP contribution in [0.15, 0.2) is 176 Å². The molecule has 0 atom stereocenters. The second-order valence-corrected chi connectivity index (χ2v) is 17.5. The van der Waals surface area contributed by atoms with Gasteiger partial charge in [-0.05, 0) is 163 Å². The van der Waals surface area contributed by atoms with Crippen LogP contribution in [0.25, 0.3) is 31.3 Å². The average Bonchev–Trinajstić information content (AvgIpc) is 3.60. The lowest BCUT2D eigenvalue weighted by Gasteiger charge is -2.57. The number of thiophene rings is 1. The largest absolute Gasteiger partial charge is 0.311 e. The molecule has 4 aliphatic rings. The molecular weight excluding hydrogens is 685 g/mol. The van der Waals surface area contributed by atoms with E-state index in [1.165, 1.54) is 86.9 Å². The van der Waals surface area contributed by atoms with Crippen molar-refractivity contribution in [1.29, 1.82) is 0 Å². The van der Waals surface area contributed by atoms with Crippen LogP contribution in [-0.4, -0.2) is 0 Å². The van der Waals surface area contributed by atoms with Crippen molar-refractivity contribution in [2.45, 2.75) is 43.9 Å². The lowest BCUT2D eigenvalue weighted by molar-refractivity contribution is -0.00518. The van der Waals surface area contributed by atoms with Gasteiger partial charge < -0.3 is 9.80 Å². The van der Waals surface area contributed by atoms with Gasteiger partial charge in [0.15, 0.2) is 0 Å². The zero-order valence-electron chi connectivity index (χ0n) is 31.0. The molecule has 0 spiro atoms. The molecule has 2 nitrogen and oxygen atoms in total. The second kappa shape index (κ2) is 13.3. The molecular formula is C52H44N2S. The summed E-state index contributed by atoms with van der Waals surface area (Å²) in [6.45, 7) is 0. The van der Waals surface area contributed by atoms with Crippen molar-refractivity contribution in [2.75, 3.05) is 9.80 Å². The molecule has 4 bridgehead atoms.